The topological polar surface area (TPSA) is 34.9 Å². The van der Waals surface area contributed by atoms with Crippen LogP contribution in [0.3, 0.4) is 0 Å². The molecule has 104 valence electrons. The maximum atomic E-state index is 12.3. The smallest absolute Gasteiger partial charge is 0.170 e. The van der Waals surface area contributed by atoms with Crippen LogP contribution in [-0.2, 0) is 6.42 Å². The molecule has 0 bridgehead atoms. The van der Waals surface area contributed by atoms with Gasteiger partial charge in [-0.1, -0.05) is 46.3 Å². The summed E-state index contributed by atoms with van der Waals surface area (Å²) in [7, 11) is 0. The highest BCUT2D eigenvalue weighted by Gasteiger charge is 2.10. The molecule has 4 heteroatoms. The monoisotopic (exact) mass is 340 g/mol. The summed E-state index contributed by atoms with van der Waals surface area (Å²) in [6.45, 7) is 0. The minimum Gasteiger partial charge on any atom is -0.294 e. The lowest BCUT2D eigenvalue weighted by Crippen LogP contribution is -2.02. The van der Waals surface area contributed by atoms with Crippen LogP contribution in [0.5, 0.6) is 0 Å². The molecule has 0 N–H and O–H groups in total. The zero-order chi connectivity index (χ0) is 14.7. The van der Waals surface area contributed by atoms with E-state index in [-0.39, 0.29) is 5.78 Å². The highest BCUT2D eigenvalue weighted by molar-refractivity contribution is 9.10. The van der Waals surface area contributed by atoms with E-state index in [2.05, 4.69) is 21.0 Å². The fraction of sp³-hybridized carbons (Fsp3) is 0.0588. The third kappa shape index (κ3) is 3.28. The summed E-state index contributed by atoms with van der Waals surface area (Å²) in [4.78, 5) is 12.3. The molecular weight excluding hydrogens is 328 g/mol. The zero-order valence-corrected chi connectivity index (χ0v) is 12.8. The van der Waals surface area contributed by atoms with E-state index >= 15 is 0 Å². The average molecular weight is 341 g/mol. The normalized spacial score (nSPS) is 10.5. The van der Waals surface area contributed by atoms with Gasteiger partial charge in [0.2, 0.25) is 0 Å². The maximum Gasteiger partial charge on any atom is 0.170 e. The first-order valence-electron chi connectivity index (χ1n) is 6.60. The van der Waals surface area contributed by atoms with Crippen molar-refractivity contribution in [3.05, 3.63) is 82.6 Å². The van der Waals surface area contributed by atoms with Gasteiger partial charge in [-0.2, -0.15) is 5.10 Å². The highest BCUT2D eigenvalue weighted by Crippen LogP contribution is 2.14. The molecule has 0 saturated heterocycles. The number of ketones is 1. The molecule has 0 atom stereocenters. The maximum absolute atomic E-state index is 12.3. The number of hydrogen-bond acceptors (Lipinski definition) is 2. The fourth-order valence-electron chi connectivity index (χ4n) is 2.12. The van der Waals surface area contributed by atoms with Crippen LogP contribution >= 0.6 is 15.9 Å². The molecular formula is C17H13BrN2O. The lowest BCUT2D eigenvalue weighted by Gasteiger charge is -2.00. The van der Waals surface area contributed by atoms with Crippen molar-refractivity contribution in [3.8, 4) is 5.69 Å². The summed E-state index contributed by atoms with van der Waals surface area (Å²) in [5.41, 5.74) is 2.56. The van der Waals surface area contributed by atoms with E-state index in [1.807, 2.05) is 54.6 Å². The second-order valence-electron chi connectivity index (χ2n) is 4.74. The molecule has 1 heterocycles. The van der Waals surface area contributed by atoms with Gasteiger partial charge in [-0.3, -0.25) is 4.79 Å². The number of nitrogens with zero attached hydrogens (tertiary/aromatic N) is 2. The van der Waals surface area contributed by atoms with Gasteiger partial charge in [0.1, 0.15) is 0 Å². The van der Waals surface area contributed by atoms with Crippen LogP contribution in [0.1, 0.15) is 15.9 Å². The number of Topliss-reactive ketones (excluding diaryl/α,β-unsaturated/α-hetero) is 1. The Kier molecular flexibility index (Phi) is 3.97. The molecule has 0 saturated carbocycles. The van der Waals surface area contributed by atoms with Gasteiger partial charge in [-0.05, 0) is 29.8 Å². The van der Waals surface area contributed by atoms with Crippen LogP contribution in [-0.4, -0.2) is 15.6 Å². The predicted molar refractivity (Wildman–Crippen MR) is 85.7 cm³/mol. The number of hydrogen-bond donors (Lipinski definition) is 0. The van der Waals surface area contributed by atoms with E-state index in [0.29, 0.717) is 12.0 Å². The van der Waals surface area contributed by atoms with Gasteiger partial charge < -0.3 is 0 Å². The molecule has 3 aromatic rings. The van der Waals surface area contributed by atoms with Gasteiger partial charge in [0.25, 0.3) is 0 Å². The quantitative estimate of drug-likeness (QED) is 0.671. The van der Waals surface area contributed by atoms with Crippen LogP contribution < -0.4 is 0 Å². The Morgan fingerprint density at radius 2 is 1.90 bits per heavy atom. The summed E-state index contributed by atoms with van der Waals surface area (Å²) in [5, 5.41) is 4.25. The average Bonchev–Trinajstić information content (AvgIpc) is 2.98. The zero-order valence-electron chi connectivity index (χ0n) is 11.2. The predicted octanol–water partition coefficient (Wildman–Crippen LogP) is 4.06. The molecule has 0 amide bonds. The standard InChI is InChI=1S/C17H13BrN2O/c18-15-6-4-5-13(9-15)10-17(21)14-11-19-20(12-14)16-7-2-1-3-8-16/h1-9,11-12H,10H2. The van der Waals surface area contributed by atoms with E-state index in [1.165, 1.54) is 0 Å². The Morgan fingerprint density at radius 3 is 2.67 bits per heavy atom. The summed E-state index contributed by atoms with van der Waals surface area (Å²) in [5.74, 6) is 0.0651. The molecule has 0 aliphatic carbocycles. The Labute approximate surface area is 131 Å². The summed E-state index contributed by atoms with van der Waals surface area (Å²) in [6.07, 6.45) is 3.77. The first-order valence-corrected chi connectivity index (χ1v) is 7.39. The molecule has 0 aliphatic rings. The van der Waals surface area contributed by atoms with E-state index in [9.17, 15) is 4.79 Å². The van der Waals surface area contributed by atoms with Crippen LogP contribution in [0.2, 0.25) is 0 Å². The molecule has 0 aliphatic heterocycles. The van der Waals surface area contributed by atoms with Crippen LogP contribution in [0, 0.1) is 0 Å². The lowest BCUT2D eigenvalue weighted by atomic mass is 10.1. The van der Waals surface area contributed by atoms with E-state index in [1.54, 1.807) is 17.1 Å². The molecule has 3 rings (SSSR count). The van der Waals surface area contributed by atoms with Gasteiger partial charge >= 0.3 is 0 Å². The Hall–Kier alpha value is -2.20. The molecule has 1 aromatic heterocycles. The molecule has 21 heavy (non-hydrogen) atoms. The second-order valence-corrected chi connectivity index (χ2v) is 5.65. The number of benzene rings is 2. The first-order chi connectivity index (χ1) is 10.2. The van der Waals surface area contributed by atoms with Gasteiger partial charge in [0.05, 0.1) is 17.4 Å². The van der Waals surface area contributed by atoms with Crippen molar-refractivity contribution >= 4 is 21.7 Å². The first kappa shape index (κ1) is 13.8. The number of para-hydroxylation sites is 1. The third-order valence-electron chi connectivity index (χ3n) is 3.18. The van der Waals surface area contributed by atoms with Gasteiger partial charge in [0, 0.05) is 17.1 Å². The molecule has 3 nitrogen and oxygen atoms in total. The van der Waals surface area contributed by atoms with Gasteiger partial charge in [-0.15, -0.1) is 0 Å². The molecule has 0 spiro atoms. The summed E-state index contributed by atoms with van der Waals surface area (Å²) < 4.78 is 2.70. The number of rotatable bonds is 4. The van der Waals surface area contributed by atoms with Crippen LogP contribution in [0.25, 0.3) is 5.69 Å². The van der Waals surface area contributed by atoms with Gasteiger partial charge in [0.15, 0.2) is 5.78 Å². The van der Waals surface area contributed by atoms with Crippen molar-refractivity contribution in [1.82, 2.24) is 9.78 Å². The number of aromatic nitrogens is 2. The molecule has 0 radical (unpaired) electrons. The van der Waals surface area contributed by atoms with Crippen LogP contribution in [0.15, 0.2) is 71.5 Å². The summed E-state index contributed by atoms with van der Waals surface area (Å²) >= 11 is 3.42. The van der Waals surface area contributed by atoms with E-state index in [0.717, 1.165) is 15.7 Å². The number of carbonyl (C=O) groups excluding carboxylic acids is 1. The van der Waals surface area contributed by atoms with Crippen molar-refractivity contribution in [3.63, 3.8) is 0 Å². The third-order valence-corrected chi connectivity index (χ3v) is 3.67. The Morgan fingerprint density at radius 1 is 1.10 bits per heavy atom. The van der Waals surface area contributed by atoms with Crippen molar-refractivity contribution in [1.29, 1.82) is 0 Å². The van der Waals surface area contributed by atoms with E-state index < -0.39 is 0 Å². The molecule has 2 aromatic carbocycles. The van der Waals surface area contributed by atoms with Crippen molar-refractivity contribution in [2.24, 2.45) is 0 Å². The Balaban J connectivity index is 1.78. The van der Waals surface area contributed by atoms with E-state index in [4.69, 9.17) is 0 Å². The Bertz CT molecular complexity index is 765. The lowest BCUT2D eigenvalue weighted by molar-refractivity contribution is 0.0993. The SMILES string of the molecule is O=C(Cc1cccc(Br)c1)c1cnn(-c2ccccc2)c1. The molecule has 0 fully saturated rings. The van der Waals surface area contributed by atoms with Gasteiger partial charge in [-0.25, -0.2) is 4.68 Å². The fourth-order valence-corrected chi connectivity index (χ4v) is 2.57. The van der Waals surface area contributed by atoms with Crippen molar-refractivity contribution < 1.29 is 4.79 Å². The minimum absolute atomic E-state index is 0.0651. The highest BCUT2D eigenvalue weighted by atomic mass is 79.9. The number of halogens is 1. The molecule has 0 unspecified atom stereocenters. The second kappa shape index (κ2) is 6.06. The summed E-state index contributed by atoms with van der Waals surface area (Å²) in [6, 6.07) is 17.5. The minimum atomic E-state index is 0.0651. The largest absolute Gasteiger partial charge is 0.294 e. The van der Waals surface area contributed by atoms with Crippen molar-refractivity contribution in [2.75, 3.05) is 0 Å². The van der Waals surface area contributed by atoms with Crippen LogP contribution in [0.4, 0.5) is 0 Å². The number of carbonyl (C=O) groups is 1. The van der Waals surface area contributed by atoms with Crippen molar-refractivity contribution in [2.45, 2.75) is 6.42 Å².